The quantitative estimate of drug-likeness (QED) is 0.572. The predicted octanol–water partition coefficient (Wildman–Crippen LogP) is 3.02. The Hall–Kier alpha value is -0.820. The van der Waals surface area contributed by atoms with Crippen LogP contribution in [-0.2, 0) is 14.8 Å². The van der Waals surface area contributed by atoms with Gasteiger partial charge in [-0.05, 0) is 56.4 Å². The van der Waals surface area contributed by atoms with E-state index in [2.05, 4.69) is 5.32 Å². The smallest absolute Gasteiger partial charge is 0.243 e. The highest BCUT2D eigenvalue weighted by molar-refractivity contribution is 7.89. The van der Waals surface area contributed by atoms with Crippen LogP contribution in [0.1, 0.15) is 32.1 Å². The first-order valence-corrected chi connectivity index (χ1v) is 10.4. The molecule has 5 nitrogen and oxygen atoms in total. The van der Waals surface area contributed by atoms with Gasteiger partial charge in [0.2, 0.25) is 15.9 Å². The first kappa shape index (κ1) is 19.5. The van der Waals surface area contributed by atoms with E-state index in [1.54, 1.807) is 12.1 Å². The molecule has 0 spiro atoms. The van der Waals surface area contributed by atoms with Crippen molar-refractivity contribution in [2.75, 3.05) is 19.0 Å². The summed E-state index contributed by atoms with van der Waals surface area (Å²) in [6.45, 7) is 0.863. The van der Waals surface area contributed by atoms with Crippen LogP contribution in [0.15, 0.2) is 29.2 Å². The number of hydrogen-bond donors (Lipinski definition) is 1. The molecule has 1 aromatic rings. The minimum absolute atomic E-state index is 0.148. The highest BCUT2D eigenvalue weighted by Crippen LogP contribution is 2.24. The largest absolute Gasteiger partial charge is 0.355 e. The number of halogens is 2. The maximum atomic E-state index is 13.1. The van der Waals surface area contributed by atoms with Gasteiger partial charge < -0.3 is 5.32 Å². The van der Waals surface area contributed by atoms with Crippen molar-refractivity contribution in [1.29, 1.82) is 0 Å². The number of carbonyl (C=O) groups excluding carboxylic acids is 1. The van der Waals surface area contributed by atoms with Gasteiger partial charge in [-0.1, -0.05) is 11.6 Å². The van der Waals surface area contributed by atoms with E-state index in [4.69, 9.17) is 23.2 Å². The normalized spacial score (nSPS) is 19.1. The van der Waals surface area contributed by atoms with Crippen LogP contribution >= 0.6 is 23.2 Å². The van der Waals surface area contributed by atoms with Gasteiger partial charge in [-0.25, -0.2) is 8.42 Å². The van der Waals surface area contributed by atoms with Gasteiger partial charge in [0.05, 0.1) is 4.90 Å². The van der Waals surface area contributed by atoms with E-state index in [0.29, 0.717) is 36.7 Å². The lowest BCUT2D eigenvalue weighted by molar-refractivity contribution is -0.124. The second-order valence-corrected chi connectivity index (χ2v) is 8.47. The van der Waals surface area contributed by atoms with Gasteiger partial charge in [0.15, 0.2) is 0 Å². The fraction of sp³-hybridized carbons (Fsp3) is 0.562. The molecule has 1 amide bonds. The molecule has 0 unspecified atom stereocenters. The summed E-state index contributed by atoms with van der Waals surface area (Å²) < 4.78 is 27.5. The van der Waals surface area contributed by atoms with Gasteiger partial charge in [0, 0.05) is 24.0 Å². The Morgan fingerprint density at radius 1 is 1.17 bits per heavy atom. The lowest BCUT2D eigenvalue weighted by atomic mass is 10.1. The molecule has 0 saturated carbocycles. The second kappa shape index (κ2) is 9.04. The molecule has 1 atom stereocenters. The zero-order valence-corrected chi connectivity index (χ0v) is 15.7. The molecule has 0 aliphatic carbocycles. The second-order valence-electron chi connectivity index (χ2n) is 5.77. The summed E-state index contributed by atoms with van der Waals surface area (Å²) in [7, 11) is -3.78. The molecule has 2 rings (SSSR count). The van der Waals surface area contributed by atoms with Crippen molar-refractivity contribution in [3.8, 4) is 0 Å². The zero-order valence-electron chi connectivity index (χ0n) is 13.4. The molecule has 0 aromatic heterocycles. The van der Waals surface area contributed by atoms with Crippen molar-refractivity contribution in [3.63, 3.8) is 0 Å². The molecule has 24 heavy (non-hydrogen) atoms. The Morgan fingerprint density at radius 2 is 1.88 bits per heavy atom. The molecule has 0 radical (unpaired) electrons. The van der Waals surface area contributed by atoms with E-state index in [1.807, 2.05) is 0 Å². The summed E-state index contributed by atoms with van der Waals surface area (Å²) in [5, 5.41) is 3.27. The van der Waals surface area contributed by atoms with Crippen molar-refractivity contribution in [2.45, 2.75) is 43.0 Å². The third-order valence-corrected chi connectivity index (χ3v) is 6.48. The molecule has 1 fully saturated rings. The summed E-state index contributed by atoms with van der Waals surface area (Å²) in [5.74, 6) is 0.238. The number of carbonyl (C=O) groups is 1. The number of nitrogens with zero attached hydrogens (tertiary/aromatic N) is 1. The van der Waals surface area contributed by atoms with Crippen molar-refractivity contribution in [3.05, 3.63) is 29.3 Å². The molecule has 1 aliphatic heterocycles. The number of nitrogens with one attached hydrogen (secondary N) is 1. The number of hydrogen-bond acceptors (Lipinski definition) is 3. The first-order chi connectivity index (χ1) is 11.5. The third-order valence-electron chi connectivity index (χ3n) is 4.04. The highest BCUT2D eigenvalue weighted by atomic mass is 35.5. The molecule has 1 heterocycles. The van der Waals surface area contributed by atoms with Crippen molar-refractivity contribution < 1.29 is 13.2 Å². The van der Waals surface area contributed by atoms with E-state index < -0.39 is 16.1 Å². The monoisotopic (exact) mass is 392 g/mol. The lowest BCUT2D eigenvalue weighted by Crippen LogP contribution is -2.49. The summed E-state index contributed by atoms with van der Waals surface area (Å²) >= 11 is 11.6. The molecule has 134 valence electrons. The lowest BCUT2D eigenvalue weighted by Gasteiger charge is -2.29. The Kier molecular flexibility index (Phi) is 7.34. The van der Waals surface area contributed by atoms with Crippen LogP contribution in [0.4, 0.5) is 0 Å². The zero-order chi connectivity index (χ0) is 17.6. The fourth-order valence-corrected chi connectivity index (χ4v) is 4.72. The minimum atomic E-state index is -3.78. The number of sulfonamides is 1. The van der Waals surface area contributed by atoms with Crippen LogP contribution in [0, 0.1) is 0 Å². The van der Waals surface area contributed by atoms with Crippen LogP contribution in [0.2, 0.25) is 5.02 Å². The van der Waals surface area contributed by atoms with Gasteiger partial charge in [0.25, 0.3) is 0 Å². The van der Waals surface area contributed by atoms with Crippen LogP contribution < -0.4 is 5.32 Å². The summed E-state index contributed by atoms with van der Waals surface area (Å²) in [6.07, 6.45) is 3.51. The van der Waals surface area contributed by atoms with Crippen molar-refractivity contribution in [1.82, 2.24) is 9.62 Å². The van der Waals surface area contributed by atoms with Gasteiger partial charge >= 0.3 is 0 Å². The summed E-state index contributed by atoms with van der Waals surface area (Å²) in [4.78, 5) is 12.5. The Labute approximate surface area is 153 Å². The topological polar surface area (TPSA) is 66.5 Å². The molecular formula is C16H22Cl2N2O3S. The van der Waals surface area contributed by atoms with Crippen LogP contribution in [-0.4, -0.2) is 43.6 Å². The van der Waals surface area contributed by atoms with Gasteiger partial charge in [-0.15, -0.1) is 11.6 Å². The van der Waals surface area contributed by atoms with E-state index >= 15 is 0 Å². The number of unbranched alkanes of at least 4 members (excludes halogenated alkanes) is 1. The van der Waals surface area contributed by atoms with Gasteiger partial charge in [-0.2, -0.15) is 4.31 Å². The van der Waals surface area contributed by atoms with Crippen LogP contribution in [0.5, 0.6) is 0 Å². The number of amides is 1. The maximum Gasteiger partial charge on any atom is 0.243 e. The number of rotatable bonds is 7. The van der Waals surface area contributed by atoms with Crippen LogP contribution in [0.3, 0.4) is 0 Å². The number of alkyl halides is 1. The van der Waals surface area contributed by atoms with Crippen molar-refractivity contribution >= 4 is 39.1 Å². The van der Waals surface area contributed by atoms with E-state index in [-0.39, 0.29) is 17.3 Å². The Bertz CT molecular complexity index is 650. The molecule has 1 aliphatic rings. The average molecular weight is 393 g/mol. The van der Waals surface area contributed by atoms with Gasteiger partial charge in [0.1, 0.15) is 6.04 Å². The number of benzene rings is 1. The summed E-state index contributed by atoms with van der Waals surface area (Å²) in [6, 6.07) is 5.35. The molecule has 1 N–H and O–H groups in total. The molecular weight excluding hydrogens is 371 g/mol. The first-order valence-electron chi connectivity index (χ1n) is 8.08. The predicted molar refractivity (Wildman–Crippen MR) is 95.9 cm³/mol. The maximum absolute atomic E-state index is 13.1. The van der Waals surface area contributed by atoms with Gasteiger partial charge in [-0.3, -0.25) is 4.79 Å². The minimum Gasteiger partial charge on any atom is -0.355 e. The van der Waals surface area contributed by atoms with Crippen molar-refractivity contribution in [2.24, 2.45) is 0 Å². The van der Waals surface area contributed by atoms with E-state index in [1.165, 1.54) is 16.4 Å². The molecule has 8 heteroatoms. The molecule has 1 aromatic carbocycles. The Balaban J connectivity index is 2.32. The average Bonchev–Trinajstić information content (AvgIpc) is 2.76. The standard InChI is InChI=1S/C16H22Cl2N2O3S/c17-10-2-4-12-20(15-5-1-3-11-19-16(15)21)24(22,23)14-8-6-13(18)7-9-14/h6-9,15H,1-5,10-12H2,(H,19,21)/t15-/m1/s1. The van der Waals surface area contributed by atoms with E-state index in [0.717, 1.165) is 12.8 Å². The Morgan fingerprint density at radius 3 is 2.54 bits per heavy atom. The molecule has 1 saturated heterocycles. The SMILES string of the molecule is O=C1NCCCC[C@H]1N(CCCCCl)S(=O)(=O)c1ccc(Cl)cc1. The highest BCUT2D eigenvalue weighted by Gasteiger charge is 2.35. The molecule has 0 bridgehead atoms. The third kappa shape index (κ3) is 4.85. The fourth-order valence-electron chi connectivity index (χ4n) is 2.75. The summed E-state index contributed by atoms with van der Waals surface area (Å²) in [5.41, 5.74) is 0. The van der Waals surface area contributed by atoms with Crippen LogP contribution in [0.25, 0.3) is 0 Å². The van der Waals surface area contributed by atoms with E-state index in [9.17, 15) is 13.2 Å².